The second-order valence-corrected chi connectivity index (χ2v) is 23.0. The van der Waals surface area contributed by atoms with Gasteiger partial charge in [0.15, 0.2) is 0 Å². The number of nitrogens with zero attached hydrogens (tertiary/aromatic N) is 2. The van der Waals surface area contributed by atoms with Gasteiger partial charge in [-0.3, -0.25) is 9.97 Å². The van der Waals surface area contributed by atoms with Crippen LogP contribution in [0, 0.1) is 12.1 Å². The zero-order valence-corrected chi connectivity index (χ0v) is 34.8. The van der Waals surface area contributed by atoms with Gasteiger partial charge < -0.3 is 4.74 Å². The van der Waals surface area contributed by atoms with Crippen molar-refractivity contribution in [3.8, 4) is 45.1 Å². The molecule has 0 bridgehead atoms. The van der Waals surface area contributed by atoms with E-state index in [9.17, 15) is 0 Å². The molecule has 0 unspecified atom stereocenters. The van der Waals surface area contributed by atoms with Crippen molar-refractivity contribution in [1.29, 1.82) is 0 Å². The van der Waals surface area contributed by atoms with E-state index in [0.29, 0.717) is 0 Å². The van der Waals surface area contributed by atoms with Crippen LogP contribution in [0.25, 0.3) is 55.2 Å². The summed E-state index contributed by atoms with van der Waals surface area (Å²) in [6.07, 6.45) is 1.92. The van der Waals surface area contributed by atoms with Gasteiger partial charge in [0.1, 0.15) is 5.75 Å². The van der Waals surface area contributed by atoms with Crippen LogP contribution in [-0.2, 0) is 37.3 Å². The minimum absolute atomic E-state index is 0. The third kappa shape index (κ3) is 6.51. The van der Waals surface area contributed by atoms with Gasteiger partial charge in [-0.05, 0) is 40.0 Å². The van der Waals surface area contributed by atoms with E-state index >= 15 is 0 Å². The van der Waals surface area contributed by atoms with Crippen molar-refractivity contribution >= 4 is 34.8 Å². The molecule has 0 aliphatic carbocycles. The van der Waals surface area contributed by atoms with Crippen LogP contribution in [-0.4, -0.2) is 18.0 Å². The quantitative estimate of drug-likeness (QED) is 0.131. The molecule has 3 nitrogen and oxygen atoms in total. The van der Waals surface area contributed by atoms with E-state index in [-0.39, 0.29) is 37.3 Å². The first-order valence-corrected chi connectivity index (χ1v) is 21.0. The molecule has 0 N–H and O–H groups in total. The first-order valence-electron chi connectivity index (χ1n) is 17.5. The molecule has 4 aromatic carbocycles. The topological polar surface area (TPSA) is 35.0 Å². The van der Waals surface area contributed by atoms with Crippen LogP contribution < -0.4 is 9.92 Å². The summed E-state index contributed by atoms with van der Waals surface area (Å²) in [6, 6.07) is 32.0. The summed E-state index contributed by atoms with van der Waals surface area (Å²) in [5.74, 6) is 1.69. The molecule has 5 heteroatoms. The molecule has 0 spiro atoms. The fourth-order valence-electron chi connectivity index (χ4n) is 6.77. The molecule has 0 saturated heterocycles. The van der Waals surface area contributed by atoms with E-state index in [1.54, 1.807) is 0 Å². The summed E-state index contributed by atoms with van der Waals surface area (Å²) in [5.41, 5.74) is 9.34. The van der Waals surface area contributed by atoms with Crippen LogP contribution in [0.4, 0.5) is 0 Å². The van der Waals surface area contributed by atoms with Crippen molar-refractivity contribution in [1.82, 2.24) is 9.97 Å². The van der Waals surface area contributed by atoms with E-state index in [1.165, 1.54) is 27.1 Å². The Labute approximate surface area is 314 Å². The maximum Gasteiger partial charge on any atom is 2.00 e. The largest absolute Gasteiger partial charge is 2.00 e. The molecule has 50 heavy (non-hydrogen) atoms. The molecule has 0 radical (unpaired) electrons. The van der Waals surface area contributed by atoms with Gasteiger partial charge in [-0.1, -0.05) is 146 Å². The number of pyridine rings is 2. The van der Waals surface area contributed by atoms with E-state index in [4.69, 9.17) is 14.7 Å². The summed E-state index contributed by atoms with van der Waals surface area (Å²) in [5, 5.41) is 5.88. The molecule has 3 heterocycles. The van der Waals surface area contributed by atoms with Crippen molar-refractivity contribution in [2.24, 2.45) is 0 Å². The number of fused-ring (bicyclic) bond motifs is 3. The molecule has 1 aliphatic heterocycles. The summed E-state index contributed by atoms with van der Waals surface area (Å²) >= 11 is 0. The van der Waals surface area contributed by atoms with Gasteiger partial charge in [0, 0.05) is 34.1 Å². The molecule has 0 saturated carbocycles. The zero-order chi connectivity index (χ0) is 35.3. The Bertz CT molecular complexity index is 2260. The average Bonchev–Trinajstić information content (AvgIpc) is 3.02. The third-order valence-corrected chi connectivity index (χ3v) is 11.8. The van der Waals surface area contributed by atoms with E-state index < -0.39 is 8.07 Å². The van der Waals surface area contributed by atoms with Crippen molar-refractivity contribution in [2.45, 2.75) is 98.2 Å². The first-order chi connectivity index (χ1) is 22.8. The van der Waals surface area contributed by atoms with Gasteiger partial charge in [0.05, 0.1) is 13.8 Å². The van der Waals surface area contributed by atoms with E-state index in [1.807, 2.05) is 6.20 Å². The van der Waals surface area contributed by atoms with Gasteiger partial charge in [0.25, 0.3) is 0 Å². The van der Waals surface area contributed by atoms with Crippen molar-refractivity contribution in [3.63, 3.8) is 0 Å². The number of hydrogen-bond acceptors (Lipinski definition) is 3. The minimum Gasteiger partial charge on any atom is -0.493 e. The van der Waals surface area contributed by atoms with Gasteiger partial charge >= 0.3 is 21.1 Å². The minimum atomic E-state index is -1.55. The van der Waals surface area contributed by atoms with Crippen LogP contribution >= 0.6 is 0 Å². The van der Waals surface area contributed by atoms with Crippen LogP contribution in [0.5, 0.6) is 11.5 Å². The Hall–Kier alpha value is -3.59. The maximum absolute atomic E-state index is 6.62. The van der Waals surface area contributed by atoms with E-state index in [2.05, 4.69) is 161 Å². The molecule has 6 aromatic rings. The molecule has 0 amide bonds. The summed E-state index contributed by atoms with van der Waals surface area (Å²) in [6.45, 7) is 27.5. The second kappa shape index (κ2) is 12.3. The maximum atomic E-state index is 6.62. The van der Waals surface area contributed by atoms with Crippen molar-refractivity contribution in [3.05, 3.63) is 102 Å². The van der Waals surface area contributed by atoms with Crippen molar-refractivity contribution in [2.75, 3.05) is 0 Å². The SMILES string of the molecule is CC(C)(C)c1cc(-c2[c-]c3c(-c4[c-]c5c(cc4)Oc4cc([Si](C)(C)C)cc6ccnc-5c46)cccc3c(C(C)(C)C)c2)nc(C(C)(C)C)c1.[Pt+2]. The normalized spacial score (nSPS) is 13.2. The molecule has 1 aliphatic rings. The van der Waals surface area contributed by atoms with E-state index in [0.717, 1.165) is 61.6 Å². The summed E-state index contributed by atoms with van der Waals surface area (Å²) < 4.78 is 6.62. The molecule has 0 fully saturated rings. The van der Waals surface area contributed by atoms with Gasteiger partial charge in [-0.2, -0.15) is 0 Å². The summed E-state index contributed by atoms with van der Waals surface area (Å²) in [4.78, 5) is 10.2. The Morgan fingerprint density at radius 3 is 2.10 bits per heavy atom. The van der Waals surface area contributed by atoms with Gasteiger partial charge in [-0.25, -0.2) is 0 Å². The van der Waals surface area contributed by atoms with Gasteiger partial charge in [0.2, 0.25) is 0 Å². The van der Waals surface area contributed by atoms with Gasteiger partial charge in [-0.15, -0.1) is 40.8 Å². The smallest absolute Gasteiger partial charge is 0.493 e. The average molecular weight is 856 g/mol. The number of hydrogen-bond donors (Lipinski definition) is 0. The summed E-state index contributed by atoms with van der Waals surface area (Å²) in [7, 11) is -1.55. The van der Waals surface area contributed by atoms with Crippen LogP contribution in [0.2, 0.25) is 19.6 Å². The predicted molar refractivity (Wildman–Crippen MR) is 210 cm³/mol. The number of rotatable bonds is 3. The van der Waals surface area contributed by atoms with Crippen LogP contribution in [0.3, 0.4) is 0 Å². The predicted octanol–water partition coefficient (Wildman–Crippen LogP) is 11.9. The Morgan fingerprint density at radius 1 is 0.700 bits per heavy atom. The zero-order valence-electron chi connectivity index (χ0n) is 31.5. The second-order valence-electron chi connectivity index (χ2n) is 17.9. The number of aromatic nitrogens is 2. The molecule has 2 aromatic heterocycles. The molecular weight excluding hydrogens is 808 g/mol. The molecule has 7 rings (SSSR count). The third-order valence-electron chi connectivity index (χ3n) is 9.79. The van der Waals surface area contributed by atoms with Crippen LogP contribution in [0.15, 0.2) is 72.9 Å². The van der Waals surface area contributed by atoms with Crippen LogP contribution in [0.1, 0.15) is 79.1 Å². The first kappa shape index (κ1) is 36.2. The number of ether oxygens (including phenoxy) is 1. The standard InChI is InChI=1S/C45H48N2OSi.Pt/c1-43(2,3)30-24-37(47-40(25-30)45(7,8)9)29-22-34-32(14-13-15-33(34)36(23-29)44(4,5)6)27-16-17-38-35(21-27)42-41-28(18-19-46-42)20-31(49(10,11)12)26-39(41)48-38;/h13-20,23-26H,1-12H3;/q-2;+2. The molecule has 0 atom stereocenters. The van der Waals surface area contributed by atoms with Crippen molar-refractivity contribution < 1.29 is 25.8 Å². The fraction of sp³-hybridized carbons (Fsp3) is 0.333. The Balaban J connectivity index is 0.00000432. The monoisotopic (exact) mass is 855 g/mol. The molecule has 258 valence electrons. The molecular formula is C45H48N2OPtSi. The Kier molecular flexibility index (Phi) is 8.89. The fourth-order valence-corrected chi connectivity index (χ4v) is 7.92. The number of benzene rings is 4. The Morgan fingerprint density at radius 2 is 1.44 bits per heavy atom.